The van der Waals surface area contributed by atoms with Gasteiger partial charge in [-0.25, -0.2) is 10.1 Å². The first kappa shape index (κ1) is 12.8. The van der Waals surface area contributed by atoms with E-state index in [1.807, 2.05) is 0 Å². The molecule has 0 aromatic heterocycles. The molecule has 0 aromatic rings. The highest BCUT2D eigenvalue weighted by Crippen LogP contribution is 2.23. The van der Waals surface area contributed by atoms with E-state index in [4.69, 9.17) is 14.7 Å². The predicted molar refractivity (Wildman–Crippen MR) is 46.6 cm³/mol. The van der Waals surface area contributed by atoms with E-state index in [1.165, 1.54) is 0 Å². The molecule has 15 heavy (non-hydrogen) atoms. The second kappa shape index (κ2) is 5.17. The number of hydrogen-bond donors (Lipinski definition) is 4. The van der Waals surface area contributed by atoms with Crippen molar-refractivity contribution in [1.29, 1.82) is 0 Å². The Bertz CT molecular complexity index is 195. The average molecular weight is 224 g/mol. The van der Waals surface area contributed by atoms with Gasteiger partial charge < -0.3 is 24.8 Å². The summed E-state index contributed by atoms with van der Waals surface area (Å²) < 4.78 is 10.0. The van der Waals surface area contributed by atoms with Crippen LogP contribution in [0.5, 0.6) is 0 Å². The Morgan fingerprint density at radius 2 is 1.53 bits per heavy atom. The van der Waals surface area contributed by atoms with Gasteiger partial charge in [0.2, 0.25) is 6.29 Å². The van der Waals surface area contributed by atoms with Crippen LogP contribution in [0.3, 0.4) is 0 Å². The van der Waals surface area contributed by atoms with Gasteiger partial charge in [0.1, 0.15) is 18.3 Å². The molecule has 0 radical (unpaired) electrons. The van der Waals surface area contributed by atoms with Gasteiger partial charge in [-0.05, 0) is 13.8 Å². The Kier molecular flexibility index (Phi) is 4.41. The van der Waals surface area contributed by atoms with Crippen LogP contribution in [-0.4, -0.2) is 57.6 Å². The zero-order chi connectivity index (χ0) is 11.6. The third-order valence-electron chi connectivity index (χ3n) is 2.04. The Hall–Kier alpha value is -0.280. The Labute approximate surface area is 86.7 Å². The van der Waals surface area contributed by atoms with Crippen LogP contribution in [0.25, 0.3) is 0 Å². The van der Waals surface area contributed by atoms with Crippen molar-refractivity contribution < 1.29 is 34.9 Å². The molecule has 0 spiro atoms. The van der Waals surface area contributed by atoms with E-state index in [0.717, 1.165) is 0 Å². The minimum atomic E-state index is -1.53. The van der Waals surface area contributed by atoms with E-state index in [0.29, 0.717) is 0 Å². The van der Waals surface area contributed by atoms with Crippen molar-refractivity contribution >= 4 is 0 Å². The van der Waals surface area contributed by atoms with Crippen LogP contribution in [0.4, 0.5) is 0 Å². The molecule has 0 aliphatic carbocycles. The quantitative estimate of drug-likeness (QED) is 0.347. The normalized spacial score (nSPS) is 42.2. The van der Waals surface area contributed by atoms with E-state index in [2.05, 4.69) is 4.89 Å². The molecule has 1 aliphatic heterocycles. The van der Waals surface area contributed by atoms with Gasteiger partial charge in [-0.3, -0.25) is 0 Å². The lowest BCUT2D eigenvalue weighted by atomic mass is 10.0. The lowest BCUT2D eigenvalue weighted by molar-refractivity contribution is -0.430. The summed E-state index contributed by atoms with van der Waals surface area (Å²) in [5.41, 5.74) is 0. The molecule has 7 heteroatoms. The Morgan fingerprint density at radius 1 is 1.00 bits per heavy atom. The lowest BCUT2D eigenvalue weighted by Gasteiger charge is -2.39. The highest BCUT2D eigenvalue weighted by Gasteiger charge is 2.45. The zero-order valence-electron chi connectivity index (χ0n) is 8.48. The maximum atomic E-state index is 9.47. The third-order valence-corrected chi connectivity index (χ3v) is 2.04. The highest BCUT2D eigenvalue weighted by atomic mass is 17.1. The molecular formula is C8H16O7. The molecule has 1 heterocycles. The molecule has 0 amide bonds. The van der Waals surface area contributed by atoms with Crippen molar-refractivity contribution in [2.75, 3.05) is 0 Å². The molecule has 7 nitrogen and oxygen atoms in total. The second-order valence-electron chi connectivity index (χ2n) is 3.63. The summed E-state index contributed by atoms with van der Waals surface area (Å²) in [6.07, 6.45) is -7.26. The fourth-order valence-electron chi connectivity index (χ4n) is 1.29. The summed E-state index contributed by atoms with van der Waals surface area (Å²) in [4.78, 5) is 3.81. The smallest absolute Gasteiger partial charge is 0.222 e. The molecule has 5 unspecified atom stereocenters. The molecule has 90 valence electrons. The van der Waals surface area contributed by atoms with Crippen LogP contribution in [0.15, 0.2) is 0 Å². The zero-order valence-corrected chi connectivity index (χ0v) is 8.48. The molecule has 0 aromatic carbocycles. The van der Waals surface area contributed by atoms with E-state index >= 15 is 0 Å². The van der Waals surface area contributed by atoms with E-state index in [9.17, 15) is 15.3 Å². The molecule has 0 bridgehead atoms. The molecule has 1 saturated heterocycles. The highest BCUT2D eigenvalue weighted by molar-refractivity contribution is 4.85. The van der Waals surface area contributed by atoms with Crippen LogP contribution in [0.1, 0.15) is 13.8 Å². The van der Waals surface area contributed by atoms with Crippen molar-refractivity contribution in [3.8, 4) is 0 Å². The van der Waals surface area contributed by atoms with Gasteiger partial charge in [-0.2, -0.15) is 0 Å². The van der Waals surface area contributed by atoms with Crippen LogP contribution in [0.2, 0.25) is 0 Å². The number of hydrogen-bond acceptors (Lipinski definition) is 7. The summed E-state index contributed by atoms with van der Waals surface area (Å²) in [5, 5.41) is 36.5. The molecule has 1 aliphatic rings. The molecule has 4 N–H and O–H groups in total. The van der Waals surface area contributed by atoms with Crippen molar-refractivity contribution in [3.63, 3.8) is 0 Å². The number of ether oxygens (including phenoxy) is 2. The maximum absolute atomic E-state index is 9.47. The first-order chi connectivity index (χ1) is 6.97. The fraction of sp³-hybridized carbons (Fsp3) is 1.00. The van der Waals surface area contributed by atoms with Gasteiger partial charge in [0.15, 0.2) is 6.29 Å². The number of aliphatic hydroxyl groups excluding tert-OH is 3. The van der Waals surface area contributed by atoms with Crippen LogP contribution in [0, 0.1) is 0 Å². The summed E-state index contributed by atoms with van der Waals surface area (Å²) in [7, 11) is 0. The fourth-order valence-corrected chi connectivity index (χ4v) is 1.29. The SMILES string of the molecule is CC(C)OC1OC(OO)C(O)C(O)C1O. The van der Waals surface area contributed by atoms with Crippen molar-refractivity contribution in [3.05, 3.63) is 0 Å². The van der Waals surface area contributed by atoms with E-state index < -0.39 is 30.9 Å². The first-order valence-electron chi connectivity index (χ1n) is 4.62. The van der Waals surface area contributed by atoms with Crippen molar-refractivity contribution in [2.45, 2.75) is 50.8 Å². The average Bonchev–Trinajstić information content (AvgIpc) is 2.18. The largest absolute Gasteiger partial charge is 0.387 e. The van der Waals surface area contributed by atoms with Crippen molar-refractivity contribution in [2.24, 2.45) is 0 Å². The van der Waals surface area contributed by atoms with Gasteiger partial charge in [-0.15, -0.1) is 0 Å². The van der Waals surface area contributed by atoms with Gasteiger partial charge >= 0.3 is 0 Å². The maximum Gasteiger partial charge on any atom is 0.222 e. The lowest BCUT2D eigenvalue weighted by Crippen LogP contribution is -2.59. The van der Waals surface area contributed by atoms with Crippen LogP contribution in [-0.2, 0) is 14.4 Å². The minimum absolute atomic E-state index is 0.244. The standard InChI is InChI=1S/C8H16O7/c1-3(2)13-7-5(10)4(9)6(11)8(14-7)15-12/h3-12H,1-2H3. The van der Waals surface area contributed by atoms with Gasteiger partial charge in [0, 0.05) is 0 Å². The Balaban J connectivity index is 2.65. The van der Waals surface area contributed by atoms with Crippen LogP contribution < -0.4 is 0 Å². The summed E-state index contributed by atoms with van der Waals surface area (Å²) in [6.45, 7) is 3.42. The van der Waals surface area contributed by atoms with Gasteiger partial charge in [0.25, 0.3) is 0 Å². The molecule has 1 fully saturated rings. The molecule has 1 rings (SSSR count). The van der Waals surface area contributed by atoms with E-state index in [1.54, 1.807) is 13.8 Å². The predicted octanol–water partition coefficient (Wildman–Crippen LogP) is -1.33. The summed E-state index contributed by atoms with van der Waals surface area (Å²) >= 11 is 0. The third kappa shape index (κ3) is 2.85. The Morgan fingerprint density at radius 3 is 2.00 bits per heavy atom. The van der Waals surface area contributed by atoms with Crippen LogP contribution >= 0.6 is 0 Å². The van der Waals surface area contributed by atoms with E-state index in [-0.39, 0.29) is 6.10 Å². The van der Waals surface area contributed by atoms with Gasteiger partial charge in [-0.1, -0.05) is 0 Å². The first-order valence-corrected chi connectivity index (χ1v) is 4.62. The number of aliphatic hydroxyl groups is 3. The summed E-state index contributed by atoms with van der Waals surface area (Å²) in [6, 6.07) is 0. The molecular weight excluding hydrogens is 208 g/mol. The summed E-state index contributed by atoms with van der Waals surface area (Å²) in [5.74, 6) is 0. The minimum Gasteiger partial charge on any atom is -0.387 e. The topological polar surface area (TPSA) is 109 Å². The number of rotatable bonds is 3. The van der Waals surface area contributed by atoms with Gasteiger partial charge in [0.05, 0.1) is 6.10 Å². The second-order valence-corrected chi connectivity index (χ2v) is 3.63. The van der Waals surface area contributed by atoms with Crippen molar-refractivity contribution in [1.82, 2.24) is 0 Å². The molecule has 5 atom stereocenters. The molecule has 0 saturated carbocycles. The monoisotopic (exact) mass is 224 g/mol.